The molecule has 0 atom stereocenters. The van der Waals surface area contributed by atoms with Crippen molar-refractivity contribution in [3.8, 4) is 5.75 Å². The summed E-state index contributed by atoms with van der Waals surface area (Å²) < 4.78 is 49.6. The molecule has 4 N–H and O–H groups in total. The molecule has 0 amide bonds. The molecule has 11 heavy (non-hydrogen) atoms. The second kappa shape index (κ2) is 2.49. The van der Waals surface area contributed by atoms with Crippen molar-refractivity contribution in [2.24, 2.45) is 0 Å². The lowest BCUT2D eigenvalue weighted by Crippen LogP contribution is -1.97. The molecule has 0 saturated carbocycles. The number of nitrogens with two attached hydrogens (primary N) is 1. The van der Waals surface area contributed by atoms with E-state index in [1.54, 1.807) is 0 Å². The van der Waals surface area contributed by atoms with Crippen LogP contribution in [0, 0.1) is 0 Å². The van der Waals surface area contributed by atoms with Crippen LogP contribution in [0.25, 0.3) is 1.43 Å². The SMILES string of the molecule is [2H]OC(=O)c1c([2H])c([2H])c(N([2H])[2H])c([2H])c1O[2H]. The lowest BCUT2D eigenvalue weighted by atomic mass is 10.2. The monoisotopic (exact) mass is 160 g/mol. The quantitative estimate of drug-likeness (QED) is 0.567. The van der Waals surface area contributed by atoms with E-state index in [2.05, 4.69) is 10.2 Å². The van der Waals surface area contributed by atoms with E-state index in [0.717, 1.165) is 0 Å². The summed E-state index contributed by atoms with van der Waals surface area (Å²) >= 11 is 0. The van der Waals surface area contributed by atoms with Gasteiger partial charge in [0.05, 0.1) is 4.11 Å². The minimum atomic E-state index is -1.36. The maximum Gasteiger partial charge on any atom is 0.339 e. The van der Waals surface area contributed by atoms with Crippen molar-refractivity contribution in [3.05, 3.63) is 23.7 Å². The molecule has 1 aromatic rings. The van der Waals surface area contributed by atoms with Crippen LogP contribution in [-0.2, 0) is 0 Å². The van der Waals surface area contributed by atoms with Gasteiger partial charge < -0.3 is 15.9 Å². The van der Waals surface area contributed by atoms with Crippen LogP contribution in [0.15, 0.2) is 18.1 Å². The van der Waals surface area contributed by atoms with Crippen LogP contribution in [-0.4, -0.2) is 17.6 Å². The van der Waals surface area contributed by atoms with Crippen molar-refractivity contribution in [3.63, 3.8) is 0 Å². The topological polar surface area (TPSA) is 83.5 Å². The van der Waals surface area contributed by atoms with Crippen LogP contribution >= 0.6 is 0 Å². The summed E-state index contributed by atoms with van der Waals surface area (Å²) in [7, 11) is 0. The molecule has 0 aliphatic heterocycles. The van der Waals surface area contributed by atoms with Crippen LogP contribution in [0.3, 0.4) is 0 Å². The number of nitrogen functional groups attached to an aromatic ring is 1. The fraction of sp³-hybridized carbons (Fsp3) is 0. The zero-order valence-electron chi connectivity index (χ0n) is 12.2. The highest BCUT2D eigenvalue weighted by Crippen LogP contribution is 2.19. The number of carboxylic acids is 1. The first-order valence-electron chi connectivity index (χ1n) is 5.80. The van der Waals surface area contributed by atoms with Crippen molar-refractivity contribution in [1.29, 1.82) is 2.86 Å². The van der Waals surface area contributed by atoms with Crippen LogP contribution in [0.1, 0.15) is 14.5 Å². The smallest absolute Gasteiger partial charge is 0.339 e. The third kappa shape index (κ3) is 1.40. The van der Waals surface area contributed by atoms with E-state index < -0.39 is 41.1 Å². The average Bonchev–Trinajstić information content (AvgIpc) is 2.32. The summed E-state index contributed by atoms with van der Waals surface area (Å²) in [5, 5.41) is 7.63. The zero-order chi connectivity index (χ0) is 14.0. The van der Waals surface area contributed by atoms with Gasteiger partial charge in [0.1, 0.15) is 11.3 Å². The number of carbonyl (C=O) groups is 1. The maximum atomic E-state index is 11.2. The molecule has 1 rings (SSSR count). The Labute approximate surface area is 73.0 Å². The summed E-state index contributed by atoms with van der Waals surface area (Å²) in [5.74, 6) is -2.11. The Hall–Kier alpha value is -1.71. The van der Waals surface area contributed by atoms with Gasteiger partial charge in [0.2, 0.25) is 0 Å². The molecule has 0 bridgehead atoms. The summed E-state index contributed by atoms with van der Waals surface area (Å²) in [5.41, 5.74) is -1.45. The van der Waals surface area contributed by atoms with Crippen LogP contribution in [0.5, 0.6) is 5.75 Å². The van der Waals surface area contributed by atoms with Gasteiger partial charge in [-0.15, -0.1) is 0 Å². The van der Waals surface area contributed by atoms with Crippen molar-refractivity contribution in [2.45, 2.75) is 0 Å². The number of aromatic carboxylic acids is 1. The van der Waals surface area contributed by atoms with Crippen molar-refractivity contribution >= 4 is 11.7 Å². The Morgan fingerprint density at radius 2 is 2.73 bits per heavy atom. The van der Waals surface area contributed by atoms with Crippen LogP contribution < -0.4 is 5.72 Å². The summed E-state index contributed by atoms with van der Waals surface area (Å²) in [4.78, 5) is 11.2. The molecule has 4 heteroatoms. The molecule has 4 nitrogen and oxygen atoms in total. The Morgan fingerprint density at radius 1 is 1.82 bits per heavy atom. The lowest BCUT2D eigenvalue weighted by molar-refractivity contribution is 0.0694. The standard InChI is InChI=1S/C7H7NO3/c8-4-1-2-5(7(10)11)6(9)3-4/h1-3,9H,8H2,(H,10,11)/i1D,2D,3D/hD4. The molecule has 1 aromatic carbocycles. The first-order chi connectivity index (χ1) is 8.36. The maximum absolute atomic E-state index is 11.2. The van der Waals surface area contributed by atoms with Crippen molar-refractivity contribution in [2.75, 3.05) is 5.72 Å². The molecular formula is C7H7NO3. The zero-order valence-corrected chi connectivity index (χ0v) is 5.17. The normalized spacial score (nSPS) is 17.3. The van der Waals surface area contributed by atoms with Crippen LogP contribution in [0.4, 0.5) is 5.69 Å². The molecule has 0 aromatic heterocycles. The highest BCUT2D eigenvalue weighted by Gasteiger charge is 2.07. The first kappa shape index (κ1) is 2.41. The minimum absolute atomic E-state index is 0.0962. The number of hydrogen-bond acceptors (Lipinski definition) is 4. The van der Waals surface area contributed by atoms with Crippen molar-refractivity contribution < 1.29 is 21.9 Å². The third-order valence-corrected chi connectivity index (χ3v) is 0.969. The Bertz CT molecular complexity index is 493. The molecular weight excluding hydrogens is 146 g/mol. The summed E-state index contributed by atoms with van der Waals surface area (Å²) in [6, 6.07) is -2.28. The molecule has 58 valence electrons. The van der Waals surface area contributed by atoms with Gasteiger partial charge in [-0.05, 0) is 12.1 Å². The van der Waals surface area contributed by atoms with E-state index in [9.17, 15) is 4.79 Å². The van der Waals surface area contributed by atoms with Gasteiger partial charge in [0, 0.05) is 11.7 Å². The number of rotatable bonds is 3. The van der Waals surface area contributed by atoms with Crippen molar-refractivity contribution in [1.82, 2.24) is 0 Å². The molecule has 0 saturated heterocycles. The molecule has 0 aliphatic rings. The molecule has 0 fully saturated rings. The first-order valence-corrected chi connectivity index (χ1v) is 2.59. The fourth-order valence-corrected chi connectivity index (χ4v) is 0.523. The highest BCUT2D eigenvalue weighted by atomic mass is 16.4. The molecule has 0 spiro atoms. The lowest BCUT2D eigenvalue weighted by Gasteiger charge is -1.98. The van der Waals surface area contributed by atoms with Gasteiger partial charge in [-0.25, -0.2) is 4.79 Å². The second-order valence-electron chi connectivity index (χ2n) is 1.72. The van der Waals surface area contributed by atoms with Gasteiger partial charge in [-0.2, -0.15) is 0 Å². The molecule has 0 radical (unpaired) electrons. The van der Waals surface area contributed by atoms with E-state index in [-0.39, 0.29) is 5.72 Å². The molecule has 0 aliphatic carbocycles. The van der Waals surface area contributed by atoms with E-state index in [4.69, 9.17) is 9.80 Å². The summed E-state index contributed by atoms with van der Waals surface area (Å²) in [6.45, 7) is 0. The fourth-order valence-electron chi connectivity index (χ4n) is 0.523. The molecule has 0 unspecified atom stereocenters. The Kier molecular flexibility index (Phi) is 0.546. The van der Waals surface area contributed by atoms with Gasteiger partial charge in [0.25, 0.3) is 2.86 Å². The predicted octanol–water partition coefficient (Wildman–Crippen LogP) is 0.673. The van der Waals surface area contributed by atoms with Gasteiger partial charge in [0.15, 0.2) is 2.82 Å². The van der Waals surface area contributed by atoms with E-state index in [1.807, 2.05) is 0 Å². The number of phenols is 1. The van der Waals surface area contributed by atoms with E-state index in [1.165, 1.54) is 0 Å². The Morgan fingerprint density at radius 3 is 3.36 bits per heavy atom. The second-order valence-corrected chi connectivity index (χ2v) is 1.72. The number of carboxylic acid groups (broad SMARTS) is 1. The number of hydrogen-bond donors (Lipinski definition) is 3. The number of benzene rings is 1. The van der Waals surface area contributed by atoms with Gasteiger partial charge in [-0.3, -0.25) is 0 Å². The number of aromatic hydroxyl groups is 1. The van der Waals surface area contributed by atoms with E-state index >= 15 is 0 Å². The third-order valence-electron chi connectivity index (χ3n) is 0.969. The summed E-state index contributed by atoms with van der Waals surface area (Å²) in [6.07, 6.45) is 0. The van der Waals surface area contributed by atoms with Crippen LogP contribution in [0.2, 0.25) is 2.82 Å². The predicted molar refractivity (Wildman–Crippen MR) is 39.5 cm³/mol. The van der Waals surface area contributed by atoms with E-state index in [0.29, 0.717) is 0 Å². The number of anilines is 1. The highest BCUT2D eigenvalue weighted by molar-refractivity contribution is 5.91. The Balaban J connectivity index is 3.71. The van der Waals surface area contributed by atoms with Gasteiger partial charge in [-0.1, -0.05) is 0 Å². The minimum Gasteiger partial charge on any atom is -0.507 e. The largest absolute Gasteiger partial charge is 0.507 e. The average molecular weight is 160 g/mol. The molecule has 0 heterocycles. The van der Waals surface area contributed by atoms with Gasteiger partial charge >= 0.3 is 5.97 Å².